The zero-order chi connectivity index (χ0) is 15.2. The van der Waals surface area contributed by atoms with Crippen LogP contribution < -0.4 is 5.32 Å². The molecule has 0 amide bonds. The molecule has 1 heterocycles. The Balaban J connectivity index is 2.32. The van der Waals surface area contributed by atoms with Gasteiger partial charge in [-0.2, -0.15) is 0 Å². The van der Waals surface area contributed by atoms with Crippen molar-refractivity contribution in [3.63, 3.8) is 0 Å². The third kappa shape index (κ3) is 6.68. The van der Waals surface area contributed by atoms with Gasteiger partial charge >= 0.3 is 11.9 Å². The van der Waals surface area contributed by atoms with Gasteiger partial charge in [-0.1, -0.05) is 0 Å². The Labute approximate surface area is 123 Å². The predicted molar refractivity (Wildman–Crippen MR) is 77.6 cm³/mol. The molecule has 20 heavy (non-hydrogen) atoms. The summed E-state index contributed by atoms with van der Waals surface area (Å²) in [5.41, 5.74) is -0.463. The van der Waals surface area contributed by atoms with E-state index < -0.39 is 5.60 Å². The van der Waals surface area contributed by atoms with Crippen molar-refractivity contribution in [3.8, 4) is 0 Å². The zero-order valence-electron chi connectivity index (χ0n) is 12.3. The maximum atomic E-state index is 11.5. The summed E-state index contributed by atoms with van der Waals surface area (Å²) in [6, 6.07) is 3.83. The predicted octanol–water partition coefficient (Wildman–Crippen LogP) is 1.89. The van der Waals surface area contributed by atoms with Gasteiger partial charge in [0.1, 0.15) is 5.60 Å². The van der Waals surface area contributed by atoms with Crippen molar-refractivity contribution in [1.29, 1.82) is 0 Å². The van der Waals surface area contributed by atoms with Gasteiger partial charge < -0.3 is 14.8 Å². The quantitative estimate of drug-likeness (QED) is 0.813. The zero-order valence-corrected chi connectivity index (χ0v) is 13.1. The van der Waals surface area contributed by atoms with Crippen LogP contribution in [0.15, 0.2) is 12.1 Å². The average molecular weight is 299 g/mol. The van der Waals surface area contributed by atoms with Crippen LogP contribution in [-0.2, 0) is 32.0 Å². The lowest BCUT2D eigenvalue weighted by molar-refractivity contribution is -0.153. The van der Waals surface area contributed by atoms with Crippen LogP contribution in [0.3, 0.4) is 0 Å². The highest BCUT2D eigenvalue weighted by atomic mass is 32.1. The second kappa shape index (κ2) is 7.40. The van der Waals surface area contributed by atoms with E-state index in [9.17, 15) is 9.59 Å². The fraction of sp³-hybridized carbons (Fsp3) is 0.571. The summed E-state index contributed by atoms with van der Waals surface area (Å²) in [4.78, 5) is 24.6. The van der Waals surface area contributed by atoms with E-state index in [0.29, 0.717) is 6.54 Å². The smallest absolute Gasteiger partial charge is 0.320 e. The molecule has 5 nitrogen and oxygen atoms in total. The fourth-order valence-corrected chi connectivity index (χ4v) is 2.47. The molecule has 0 radical (unpaired) electrons. The van der Waals surface area contributed by atoms with E-state index in [1.165, 1.54) is 18.4 Å². The second-order valence-corrected chi connectivity index (χ2v) is 6.56. The number of hydrogen-bond donors (Lipinski definition) is 1. The molecule has 112 valence electrons. The molecule has 1 aromatic heterocycles. The van der Waals surface area contributed by atoms with Crippen molar-refractivity contribution in [2.75, 3.05) is 13.7 Å². The van der Waals surface area contributed by atoms with E-state index in [0.717, 1.165) is 9.75 Å². The molecule has 0 fully saturated rings. The van der Waals surface area contributed by atoms with E-state index in [1.807, 2.05) is 32.9 Å². The summed E-state index contributed by atoms with van der Waals surface area (Å²) < 4.78 is 9.80. The number of carbonyl (C=O) groups is 2. The number of carbonyl (C=O) groups excluding carboxylic acids is 2. The minimum Gasteiger partial charge on any atom is -0.469 e. The Morgan fingerprint density at radius 2 is 1.85 bits per heavy atom. The molecule has 0 aliphatic carbocycles. The minimum absolute atomic E-state index is 0.168. The number of rotatable bonds is 6. The Morgan fingerprint density at radius 3 is 2.45 bits per heavy atom. The Bertz CT molecular complexity index is 462. The van der Waals surface area contributed by atoms with Crippen LogP contribution in [0.1, 0.15) is 30.5 Å². The highest BCUT2D eigenvalue weighted by Crippen LogP contribution is 2.17. The Kier molecular flexibility index (Phi) is 6.16. The Morgan fingerprint density at radius 1 is 1.20 bits per heavy atom. The first kappa shape index (κ1) is 16.7. The molecule has 0 atom stereocenters. The first-order valence-electron chi connectivity index (χ1n) is 6.37. The fourth-order valence-electron chi connectivity index (χ4n) is 1.49. The maximum Gasteiger partial charge on any atom is 0.320 e. The van der Waals surface area contributed by atoms with Crippen LogP contribution in [-0.4, -0.2) is 31.2 Å². The molecule has 0 bridgehead atoms. The summed E-state index contributed by atoms with van der Waals surface area (Å²) in [6.45, 7) is 6.25. The molecule has 0 saturated carbocycles. The molecule has 1 rings (SSSR count). The third-order valence-electron chi connectivity index (χ3n) is 2.25. The lowest BCUT2D eigenvalue weighted by Crippen LogP contribution is -2.31. The van der Waals surface area contributed by atoms with Crippen LogP contribution in [0.4, 0.5) is 0 Å². The monoisotopic (exact) mass is 299 g/mol. The van der Waals surface area contributed by atoms with E-state index in [2.05, 4.69) is 10.1 Å². The molecule has 0 aliphatic heterocycles. The van der Waals surface area contributed by atoms with Crippen molar-refractivity contribution in [1.82, 2.24) is 5.32 Å². The molecular weight excluding hydrogens is 278 g/mol. The molecule has 6 heteroatoms. The van der Waals surface area contributed by atoms with Gasteiger partial charge in [-0.15, -0.1) is 11.3 Å². The van der Waals surface area contributed by atoms with Crippen LogP contribution >= 0.6 is 11.3 Å². The maximum absolute atomic E-state index is 11.5. The number of nitrogens with one attached hydrogen (secondary N) is 1. The van der Waals surface area contributed by atoms with Gasteiger partial charge in [0.05, 0.1) is 20.1 Å². The van der Waals surface area contributed by atoms with Crippen molar-refractivity contribution < 1.29 is 19.1 Å². The number of methoxy groups -OCH3 is 1. The molecule has 0 aromatic carbocycles. The standard InChI is InChI=1S/C14H21NO4S/c1-14(2,3)19-13(17)9-15-8-11-6-5-10(20-11)7-12(16)18-4/h5-6,15H,7-9H2,1-4H3. The molecule has 0 spiro atoms. The van der Waals surface area contributed by atoms with Gasteiger partial charge in [-0.3, -0.25) is 9.59 Å². The van der Waals surface area contributed by atoms with Crippen molar-refractivity contribution in [2.24, 2.45) is 0 Å². The van der Waals surface area contributed by atoms with Gasteiger partial charge in [0.15, 0.2) is 0 Å². The second-order valence-electron chi connectivity index (χ2n) is 5.31. The molecule has 1 aromatic rings. The number of hydrogen-bond acceptors (Lipinski definition) is 6. The highest BCUT2D eigenvalue weighted by Gasteiger charge is 2.15. The molecule has 0 saturated heterocycles. The topological polar surface area (TPSA) is 64.6 Å². The summed E-state index contributed by atoms with van der Waals surface area (Å²) in [6.07, 6.45) is 0.285. The Hall–Kier alpha value is -1.40. The van der Waals surface area contributed by atoms with Crippen LogP contribution in [0.5, 0.6) is 0 Å². The van der Waals surface area contributed by atoms with E-state index in [1.54, 1.807) is 0 Å². The van der Waals surface area contributed by atoms with Crippen LogP contribution in [0.25, 0.3) is 0 Å². The number of esters is 2. The van der Waals surface area contributed by atoms with E-state index >= 15 is 0 Å². The first-order valence-corrected chi connectivity index (χ1v) is 7.19. The van der Waals surface area contributed by atoms with E-state index in [-0.39, 0.29) is 24.9 Å². The lowest BCUT2D eigenvalue weighted by Gasteiger charge is -2.19. The summed E-state index contributed by atoms with van der Waals surface area (Å²) in [7, 11) is 1.37. The van der Waals surface area contributed by atoms with Gasteiger partial charge in [0.2, 0.25) is 0 Å². The molecule has 0 unspecified atom stereocenters. The lowest BCUT2D eigenvalue weighted by atomic mass is 10.2. The van der Waals surface area contributed by atoms with Gasteiger partial charge in [0, 0.05) is 16.3 Å². The van der Waals surface area contributed by atoms with Gasteiger partial charge in [-0.25, -0.2) is 0 Å². The summed E-state index contributed by atoms with van der Waals surface area (Å²) in [5, 5.41) is 3.02. The van der Waals surface area contributed by atoms with Gasteiger partial charge in [-0.05, 0) is 32.9 Å². The van der Waals surface area contributed by atoms with Gasteiger partial charge in [0.25, 0.3) is 0 Å². The van der Waals surface area contributed by atoms with Crippen LogP contribution in [0, 0.1) is 0 Å². The molecule has 1 N–H and O–H groups in total. The normalized spacial score (nSPS) is 11.2. The first-order chi connectivity index (χ1) is 9.30. The number of ether oxygens (including phenoxy) is 2. The minimum atomic E-state index is -0.463. The SMILES string of the molecule is COC(=O)Cc1ccc(CNCC(=O)OC(C)(C)C)s1. The average Bonchev–Trinajstić information content (AvgIpc) is 2.74. The number of thiophene rings is 1. The van der Waals surface area contributed by atoms with Crippen LogP contribution in [0.2, 0.25) is 0 Å². The largest absolute Gasteiger partial charge is 0.469 e. The van der Waals surface area contributed by atoms with E-state index in [4.69, 9.17) is 4.74 Å². The van der Waals surface area contributed by atoms with Crippen molar-refractivity contribution in [3.05, 3.63) is 21.9 Å². The summed E-state index contributed by atoms with van der Waals surface area (Å²) in [5.74, 6) is -0.524. The molecule has 0 aliphatic rings. The summed E-state index contributed by atoms with van der Waals surface area (Å²) >= 11 is 1.53. The highest BCUT2D eigenvalue weighted by molar-refractivity contribution is 7.12. The van der Waals surface area contributed by atoms with Crippen molar-refractivity contribution in [2.45, 2.75) is 39.3 Å². The third-order valence-corrected chi connectivity index (χ3v) is 3.34. The molecular formula is C14H21NO4S. The van der Waals surface area contributed by atoms with Crippen molar-refractivity contribution >= 4 is 23.3 Å².